The molecule has 0 aliphatic heterocycles. The largest absolute Gasteiger partial charge is 0.388 e. The Morgan fingerprint density at radius 3 is 2.31 bits per heavy atom. The van der Waals surface area contributed by atoms with Crippen LogP contribution in [0.15, 0.2) is 24.3 Å². The predicted octanol–water partition coefficient (Wildman–Crippen LogP) is 1.83. The molecule has 6 heteroatoms. The third kappa shape index (κ3) is 2.65. The molecule has 3 aliphatic carbocycles. The molecule has 142 valence electrons. The summed E-state index contributed by atoms with van der Waals surface area (Å²) in [5.41, 5.74) is -0.0107. The van der Waals surface area contributed by atoms with Crippen molar-refractivity contribution in [1.82, 2.24) is 4.72 Å². The maximum Gasteiger partial charge on any atom is 0.212 e. The normalized spacial score (nSPS) is 31.3. The SMILES string of the molecule is CC1(C)C2CCC1(CS(=O)(=O)NCC1(O)Cc3ccccc3C1)C(=O)C2. The second kappa shape index (κ2) is 5.63. The van der Waals surface area contributed by atoms with Crippen LogP contribution in [-0.2, 0) is 27.7 Å². The number of sulfonamides is 1. The van der Waals surface area contributed by atoms with Gasteiger partial charge in [0, 0.05) is 31.2 Å². The number of benzene rings is 1. The van der Waals surface area contributed by atoms with E-state index in [2.05, 4.69) is 4.72 Å². The first kappa shape index (κ1) is 18.1. The Bertz CT molecular complexity index is 835. The number of ketones is 1. The van der Waals surface area contributed by atoms with E-state index in [1.165, 1.54) is 0 Å². The topological polar surface area (TPSA) is 83.5 Å². The van der Waals surface area contributed by atoms with Crippen LogP contribution >= 0.6 is 0 Å². The zero-order chi connectivity index (χ0) is 18.8. The minimum atomic E-state index is -3.66. The molecule has 2 unspecified atom stereocenters. The summed E-state index contributed by atoms with van der Waals surface area (Å²) < 4.78 is 28.2. The number of carbonyl (C=O) groups is 1. The molecule has 2 bridgehead atoms. The van der Waals surface area contributed by atoms with Crippen LogP contribution in [0.2, 0.25) is 0 Å². The Kier molecular flexibility index (Phi) is 3.93. The quantitative estimate of drug-likeness (QED) is 0.820. The van der Waals surface area contributed by atoms with E-state index in [0.717, 1.165) is 17.5 Å². The Morgan fingerprint density at radius 2 is 1.81 bits per heavy atom. The predicted molar refractivity (Wildman–Crippen MR) is 99.2 cm³/mol. The second-order valence-electron chi connectivity index (χ2n) is 9.09. The number of nitrogens with one attached hydrogen (secondary N) is 1. The Labute approximate surface area is 155 Å². The Hall–Kier alpha value is -1.24. The van der Waals surface area contributed by atoms with Gasteiger partial charge < -0.3 is 5.11 Å². The highest BCUT2D eigenvalue weighted by atomic mass is 32.2. The number of Topliss-reactive ketones (excluding diaryl/α,β-unsaturated/α-hetero) is 1. The molecule has 0 radical (unpaired) electrons. The second-order valence-corrected chi connectivity index (χ2v) is 10.9. The van der Waals surface area contributed by atoms with E-state index in [1.54, 1.807) is 0 Å². The van der Waals surface area contributed by atoms with Crippen molar-refractivity contribution in [3.8, 4) is 0 Å². The summed E-state index contributed by atoms with van der Waals surface area (Å²) >= 11 is 0. The van der Waals surface area contributed by atoms with Crippen molar-refractivity contribution in [2.24, 2.45) is 16.7 Å². The molecule has 4 rings (SSSR count). The van der Waals surface area contributed by atoms with E-state index in [-0.39, 0.29) is 23.5 Å². The molecule has 0 saturated heterocycles. The molecule has 2 atom stereocenters. The van der Waals surface area contributed by atoms with Gasteiger partial charge >= 0.3 is 0 Å². The van der Waals surface area contributed by atoms with Crippen molar-refractivity contribution in [3.05, 3.63) is 35.4 Å². The highest BCUT2D eigenvalue weighted by molar-refractivity contribution is 7.89. The number of aliphatic hydroxyl groups is 1. The lowest BCUT2D eigenvalue weighted by molar-refractivity contribution is -0.128. The summed E-state index contributed by atoms with van der Waals surface area (Å²) in [6.07, 6.45) is 2.97. The molecule has 26 heavy (non-hydrogen) atoms. The molecule has 0 spiro atoms. The van der Waals surface area contributed by atoms with Gasteiger partial charge in [-0.25, -0.2) is 13.1 Å². The zero-order valence-electron chi connectivity index (χ0n) is 15.4. The molecular weight excluding hydrogens is 350 g/mol. The number of rotatable bonds is 5. The van der Waals surface area contributed by atoms with Crippen LogP contribution in [0.4, 0.5) is 0 Å². The van der Waals surface area contributed by atoms with Crippen LogP contribution in [0.3, 0.4) is 0 Å². The monoisotopic (exact) mass is 377 g/mol. The van der Waals surface area contributed by atoms with Gasteiger partial charge in [0.15, 0.2) is 0 Å². The molecule has 0 aromatic heterocycles. The number of carbonyl (C=O) groups excluding carboxylic acids is 1. The van der Waals surface area contributed by atoms with E-state index in [1.807, 2.05) is 38.1 Å². The average Bonchev–Trinajstić information content (AvgIpc) is 3.08. The van der Waals surface area contributed by atoms with Crippen LogP contribution in [0.5, 0.6) is 0 Å². The van der Waals surface area contributed by atoms with Gasteiger partial charge in [-0.1, -0.05) is 38.1 Å². The summed E-state index contributed by atoms with van der Waals surface area (Å²) in [5.74, 6) is 0.223. The first-order chi connectivity index (χ1) is 12.1. The third-order valence-electron chi connectivity index (χ3n) is 7.35. The lowest BCUT2D eigenvalue weighted by Gasteiger charge is -2.36. The molecule has 2 fully saturated rings. The van der Waals surface area contributed by atoms with Crippen LogP contribution in [0, 0.1) is 16.7 Å². The molecule has 2 N–H and O–H groups in total. The van der Waals surface area contributed by atoms with Gasteiger partial charge in [-0.05, 0) is 35.3 Å². The third-order valence-corrected chi connectivity index (χ3v) is 8.81. The van der Waals surface area contributed by atoms with Gasteiger partial charge in [0.05, 0.1) is 11.4 Å². The fourth-order valence-electron chi connectivity index (χ4n) is 5.53. The van der Waals surface area contributed by atoms with Crippen molar-refractivity contribution in [1.29, 1.82) is 0 Å². The fraction of sp³-hybridized carbons (Fsp3) is 0.650. The van der Waals surface area contributed by atoms with Crippen molar-refractivity contribution < 1.29 is 18.3 Å². The lowest BCUT2D eigenvalue weighted by Crippen LogP contribution is -2.49. The van der Waals surface area contributed by atoms with Crippen LogP contribution in [0.25, 0.3) is 0 Å². The van der Waals surface area contributed by atoms with Crippen molar-refractivity contribution in [2.45, 2.75) is 51.6 Å². The number of hydrogen-bond acceptors (Lipinski definition) is 4. The fourth-order valence-corrected chi connectivity index (χ4v) is 7.44. The molecule has 1 aromatic rings. The molecule has 5 nitrogen and oxygen atoms in total. The number of fused-ring (bicyclic) bond motifs is 3. The van der Waals surface area contributed by atoms with Crippen molar-refractivity contribution >= 4 is 15.8 Å². The van der Waals surface area contributed by atoms with E-state index >= 15 is 0 Å². The smallest absolute Gasteiger partial charge is 0.212 e. The number of hydrogen-bond donors (Lipinski definition) is 2. The zero-order valence-corrected chi connectivity index (χ0v) is 16.2. The van der Waals surface area contributed by atoms with Gasteiger partial charge in [0.25, 0.3) is 0 Å². The molecule has 2 saturated carbocycles. The molecular formula is C20H27NO4S. The lowest BCUT2D eigenvalue weighted by atomic mass is 9.70. The van der Waals surface area contributed by atoms with Crippen molar-refractivity contribution in [3.63, 3.8) is 0 Å². The van der Waals surface area contributed by atoms with Crippen LogP contribution in [-0.4, -0.2) is 37.2 Å². The molecule has 3 aliphatic rings. The Balaban J connectivity index is 1.47. The van der Waals surface area contributed by atoms with Gasteiger partial charge in [-0.3, -0.25) is 4.79 Å². The van der Waals surface area contributed by atoms with E-state index < -0.39 is 21.0 Å². The molecule has 0 amide bonds. The summed E-state index contributed by atoms with van der Waals surface area (Å²) in [6, 6.07) is 7.80. The Morgan fingerprint density at radius 1 is 1.19 bits per heavy atom. The van der Waals surface area contributed by atoms with Crippen molar-refractivity contribution in [2.75, 3.05) is 12.3 Å². The minimum absolute atomic E-state index is 0.0157. The first-order valence-electron chi connectivity index (χ1n) is 9.37. The summed E-state index contributed by atoms with van der Waals surface area (Å²) in [4.78, 5) is 12.6. The van der Waals surface area contributed by atoms with Gasteiger partial charge in [-0.2, -0.15) is 0 Å². The van der Waals surface area contributed by atoms with E-state index in [0.29, 0.717) is 31.6 Å². The highest BCUT2D eigenvalue weighted by Crippen LogP contribution is 2.64. The summed E-state index contributed by atoms with van der Waals surface area (Å²) in [7, 11) is -3.66. The van der Waals surface area contributed by atoms with Crippen LogP contribution < -0.4 is 4.72 Å². The van der Waals surface area contributed by atoms with E-state index in [4.69, 9.17) is 0 Å². The standard InChI is InChI=1S/C20H27NO4S/c1-18(2)16-7-8-20(18,17(22)9-16)13-26(24,25)21-12-19(23)10-14-5-3-4-6-15(14)11-19/h3-6,16,21,23H,7-13H2,1-2H3. The average molecular weight is 378 g/mol. The summed E-state index contributed by atoms with van der Waals surface area (Å²) in [6.45, 7) is 4.05. The van der Waals surface area contributed by atoms with E-state index in [9.17, 15) is 18.3 Å². The van der Waals surface area contributed by atoms with Crippen LogP contribution in [0.1, 0.15) is 44.2 Å². The maximum atomic E-state index is 12.8. The summed E-state index contributed by atoms with van der Waals surface area (Å²) in [5, 5.41) is 10.8. The van der Waals surface area contributed by atoms with Gasteiger partial charge in [0.1, 0.15) is 5.78 Å². The van der Waals surface area contributed by atoms with Gasteiger partial charge in [-0.15, -0.1) is 0 Å². The first-order valence-corrected chi connectivity index (χ1v) is 11.0. The van der Waals surface area contributed by atoms with Gasteiger partial charge in [0.2, 0.25) is 10.0 Å². The molecule has 0 heterocycles. The maximum absolute atomic E-state index is 12.8. The highest BCUT2D eigenvalue weighted by Gasteiger charge is 2.65. The molecule has 1 aromatic carbocycles. The minimum Gasteiger partial charge on any atom is -0.388 e.